The molecule has 0 unspecified atom stereocenters. The Morgan fingerprint density at radius 1 is 0.927 bits per heavy atom. The second-order valence-corrected chi connectivity index (χ2v) is 11.9. The van der Waals surface area contributed by atoms with Crippen molar-refractivity contribution in [1.29, 1.82) is 0 Å². The van der Waals surface area contributed by atoms with Crippen LogP contribution in [-0.4, -0.2) is 47.1 Å². The highest BCUT2D eigenvalue weighted by Gasteiger charge is 2.32. The number of anilines is 3. The highest BCUT2D eigenvalue weighted by atomic mass is 19.1. The molecule has 0 aliphatic carbocycles. The lowest BCUT2D eigenvalue weighted by Gasteiger charge is -2.41. The molecule has 2 fully saturated rings. The number of likely N-dealkylation sites (tertiary alicyclic amines) is 1. The smallest absolute Gasteiger partial charge is 0.227 e. The third kappa shape index (κ3) is 5.21. The predicted octanol–water partition coefficient (Wildman–Crippen LogP) is 7.92. The number of aromatic nitrogens is 2. The molecular formula is C35H40FN5. The number of nitrogens with zero attached hydrogens (tertiary/aromatic N) is 5. The number of halogens is 1. The molecule has 5 nitrogen and oxygen atoms in total. The molecule has 0 spiro atoms. The zero-order chi connectivity index (χ0) is 28.7. The van der Waals surface area contributed by atoms with Crippen molar-refractivity contribution in [2.24, 2.45) is 5.92 Å². The van der Waals surface area contributed by atoms with Gasteiger partial charge in [0.25, 0.3) is 0 Å². The maximum absolute atomic E-state index is 15.4. The summed E-state index contributed by atoms with van der Waals surface area (Å²) in [5.41, 5.74) is 6.88. The van der Waals surface area contributed by atoms with E-state index < -0.39 is 0 Å². The van der Waals surface area contributed by atoms with E-state index in [-0.39, 0.29) is 5.82 Å². The van der Waals surface area contributed by atoms with Gasteiger partial charge in [-0.1, -0.05) is 50.4 Å². The number of rotatable bonds is 5. The topological polar surface area (TPSA) is 35.5 Å². The number of hydrogen-bond acceptors (Lipinski definition) is 5. The maximum Gasteiger partial charge on any atom is 0.227 e. The first-order valence-electron chi connectivity index (χ1n) is 14.9. The molecule has 3 aromatic rings. The van der Waals surface area contributed by atoms with Gasteiger partial charge in [0.05, 0.1) is 11.4 Å². The maximum atomic E-state index is 15.4. The summed E-state index contributed by atoms with van der Waals surface area (Å²) >= 11 is 0. The van der Waals surface area contributed by atoms with Crippen molar-refractivity contribution >= 4 is 29.6 Å². The number of para-hydroxylation sites is 1. The Morgan fingerprint density at radius 2 is 1.68 bits per heavy atom. The van der Waals surface area contributed by atoms with Crippen LogP contribution in [0.3, 0.4) is 0 Å². The number of allylic oxidation sites excluding steroid dienone is 1. The van der Waals surface area contributed by atoms with Crippen molar-refractivity contribution in [3.05, 3.63) is 89.4 Å². The van der Waals surface area contributed by atoms with Gasteiger partial charge in [-0.05, 0) is 99.5 Å². The number of hydrogen-bond donors (Lipinski definition) is 0. The van der Waals surface area contributed by atoms with E-state index in [0.717, 1.165) is 65.4 Å². The second-order valence-electron chi connectivity index (χ2n) is 11.9. The average molecular weight is 550 g/mol. The molecular weight excluding hydrogens is 509 g/mol. The normalized spacial score (nSPS) is 18.6. The van der Waals surface area contributed by atoms with Gasteiger partial charge in [-0.3, -0.25) is 4.90 Å². The third-order valence-electron chi connectivity index (χ3n) is 9.10. The van der Waals surface area contributed by atoms with Crippen LogP contribution in [-0.2, 0) is 0 Å². The van der Waals surface area contributed by atoms with E-state index in [1.54, 1.807) is 6.07 Å². The summed E-state index contributed by atoms with van der Waals surface area (Å²) in [6.45, 7) is 18.9. The van der Waals surface area contributed by atoms with Crippen molar-refractivity contribution in [2.75, 3.05) is 36.0 Å². The van der Waals surface area contributed by atoms with E-state index in [0.29, 0.717) is 29.2 Å². The van der Waals surface area contributed by atoms with Crippen LogP contribution in [0.4, 0.5) is 21.8 Å². The Kier molecular flexibility index (Phi) is 7.52. The van der Waals surface area contributed by atoms with E-state index in [1.807, 2.05) is 36.1 Å². The van der Waals surface area contributed by atoms with Crippen LogP contribution < -0.4 is 9.80 Å². The summed E-state index contributed by atoms with van der Waals surface area (Å²) < 4.78 is 15.4. The highest BCUT2D eigenvalue weighted by molar-refractivity contribution is 5.89. The molecule has 0 radical (unpaired) electrons. The minimum atomic E-state index is -0.296. The zero-order valence-corrected chi connectivity index (χ0v) is 24.5. The molecule has 212 valence electrons. The standard InChI is InChI=1S/C35H40FN5/c1-6-27-12-10-24(3)30(22-27)32-29-13-11-26(5)41(33-25(4)8-7-9-31(33)36)34(29)38-35(37-32)40-20-16-28(17-21-40)39-18-14-23(2)15-19-39/h6-13,22-23,28H,1,5,14-21H2,2-4H3. The minimum absolute atomic E-state index is 0.296. The van der Waals surface area contributed by atoms with Gasteiger partial charge >= 0.3 is 0 Å². The molecule has 41 heavy (non-hydrogen) atoms. The van der Waals surface area contributed by atoms with Crippen molar-refractivity contribution in [1.82, 2.24) is 14.9 Å². The SMILES string of the molecule is C=Cc1ccc(C)c(-c2nc(N3CCC(N4CCC(C)CC4)CC3)nc3c2C=CC(=C)N3c2c(C)cccc2F)c1. The molecule has 3 aliphatic heterocycles. The fourth-order valence-corrected chi connectivity index (χ4v) is 6.51. The van der Waals surface area contributed by atoms with Crippen LogP contribution in [0.1, 0.15) is 54.9 Å². The summed E-state index contributed by atoms with van der Waals surface area (Å²) in [5.74, 6) is 1.90. The first-order chi connectivity index (χ1) is 19.8. The monoisotopic (exact) mass is 549 g/mol. The molecule has 0 atom stereocenters. The van der Waals surface area contributed by atoms with Crippen LogP contribution >= 0.6 is 0 Å². The summed E-state index contributed by atoms with van der Waals surface area (Å²) in [4.78, 5) is 17.3. The van der Waals surface area contributed by atoms with Gasteiger partial charge in [-0.15, -0.1) is 0 Å². The summed E-state index contributed by atoms with van der Waals surface area (Å²) in [7, 11) is 0. The summed E-state index contributed by atoms with van der Waals surface area (Å²) in [6, 6.07) is 12.1. The fraction of sp³-hybridized carbons (Fsp3) is 0.371. The first-order valence-corrected chi connectivity index (χ1v) is 14.9. The number of aryl methyl sites for hydroxylation is 2. The first kappa shape index (κ1) is 27.4. The number of piperidine rings is 2. The molecule has 4 heterocycles. The molecule has 6 rings (SSSR count). The molecule has 2 saturated heterocycles. The van der Waals surface area contributed by atoms with Crippen LogP contribution in [0, 0.1) is 25.6 Å². The van der Waals surface area contributed by atoms with Crippen LogP contribution in [0.2, 0.25) is 0 Å². The van der Waals surface area contributed by atoms with E-state index >= 15 is 4.39 Å². The predicted molar refractivity (Wildman–Crippen MR) is 169 cm³/mol. The molecule has 0 bridgehead atoms. The molecule has 3 aliphatic rings. The highest BCUT2D eigenvalue weighted by Crippen LogP contribution is 2.43. The summed E-state index contributed by atoms with van der Waals surface area (Å²) in [6.07, 6.45) is 10.6. The van der Waals surface area contributed by atoms with E-state index in [2.05, 4.69) is 55.0 Å². The Labute approximate surface area is 243 Å². The van der Waals surface area contributed by atoms with Gasteiger partial charge in [-0.25, -0.2) is 9.37 Å². The molecule has 0 N–H and O–H groups in total. The Morgan fingerprint density at radius 3 is 2.39 bits per heavy atom. The third-order valence-corrected chi connectivity index (χ3v) is 9.10. The Balaban J connectivity index is 1.44. The Hall–Kier alpha value is -3.77. The molecule has 6 heteroatoms. The lowest BCUT2D eigenvalue weighted by atomic mass is 9.95. The largest absolute Gasteiger partial charge is 0.341 e. The van der Waals surface area contributed by atoms with Crippen LogP contribution in [0.15, 0.2) is 61.3 Å². The van der Waals surface area contributed by atoms with E-state index in [9.17, 15) is 0 Å². The number of benzene rings is 2. The Bertz CT molecular complexity index is 1490. The summed E-state index contributed by atoms with van der Waals surface area (Å²) in [5, 5.41) is 0. The fourth-order valence-electron chi connectivity index (χ4n) is 6.51. The average Bonchev–Trinajstić information content (AvgIpc) is 2.98. The van der Waals surface area contributed by atoms with Crippen LogP contribution in [0.25, 0.3) is 23.4 Å². The quantitative estimate of drug-likeness (QED) is 0.323. The van der Waals surface area contributed by atoms with Gasteiger partial charge < -0.3 is 9.80 Å². The lowest BCUT2D eigenvalue weighted by molar-refractivity contribution is 0.120. The number of fused-ring (bicyclic) bond motifs is 1. The zero-order valence-electron chi connectivity index (χ0n) is 24.5. The van der Waals surface area contributed by atoms with Gasteiger partial charge in [0.1, 0.15) is 5.82 Å². The second kappa shape index (κ2) is 11.2. The van der Waals surface area contributed by atoms with Crippen molar-refractivity contribution < 1.29 is 4.39 Å². The van der Waals surface area contributed by atoms with Crippen molar-refractivity contribution in [2.45, 2.75) is 52.5 Å². The van der Waals surface area contributed by atoms with E-state index in [4.69, 9.17) is 9.97 Å². The van der Waals surface area contributed by atoms with Gasteiger partial charge in [0.2, 0.25) is 5.95 Å². The molecule has 1 aromatic heterocycles. The van der Waals surface area contributed by atoms with Gasteiger partial charge in [0, 0.05) is 36.0 Å². The minimum Gasteiger partial charge on any atom is -0.341 e. The molecule has 0 saturated carbocycles. The van der Waals surface area contributed by atoms with Crippen LogP contribution in [0.5, 0.6) is 0 Å². The van der Waals surface area contributed by atoms with Gasteiger partial charge in [0.15, 0.2) is 5.82 Å². The molecule has 2 aromatic carbocycles. The van der Waals surface area contributed by atoms with Crippen molar-refractivity contribution in [3.63, 3.8) is 0 Å². The lowest BCUT2D eigenvalue weighted by Crippen LogP contribution is -2.48. The van der Waals surface area contributed by atoms with Gasteiger partial charge in [-0.2, -0.15) is 4.98 Å². The van der Waals surface area contributed by atoms with E-state index in [1.165, 1.54) is 32.0 Å². The molecule has 0 amide bonds. The van der Waals surface area contributed by atoms with Crippen molar-refractivity contribution in [3.8, 4) is 11.3 Å².